The average Bonchev–Trinajstić information content (AvgIpc) is 2.89. The second-order valence-electron chi connectivity index (χ2n) is 4.38. The molecule has 0 amide bonds. The van der Waals surface area contributed by atoms with Crippen molar-refractivity contribution in [2.75, 3.05) is 0 Å². The first-order chi connectivity index (χ1) is 10.1. The first-order valence-electron chi connectivity index (χ1n) is 6.05. The minimum absolute atomic E-state index is 0.187. The van der Waals surface area contributed by atoms with E-state index < -0.39 is 12.3 Å². The molecule has 1 N–H and O–H groups in total. The Balaban J connectivity index is 1.98. The summed E-state index contributed by atoms with van der Waals surface area (Å²) in [5, 5.41) is 8.88. The summed E-state index contributed by atoms with van der Waals surface area (Å²) in [5.41, 5.74) is 0.918. The van der Waals surface area contributed by atoms with E-state index >= 15 is 0 Å². The second-order valence-corrected chi connectivity index (χ2v) is 5.23. The summed E-state index contributed by atoms with van der Waals surface area (Å²) in [6, 6.07) is 11.8. The van der Waals surface area contributed by atoms with E-state index in [9.17, 15) is 9.59 Å². The topological polar surface area (TPSA) is 72.8 Å². The van der Waals surface area contributed by atoms with Gasteiger partial charge in [-0.15, -0.1) is 0 Å². The van der Waals surface area contributed by atoms with Gasteiger partial charge in [-0.25, -0.2) is 4.79 Å². The molecule has 1 aliphatic rings. The molecule has 0 aliphatic carbocycles. The van der Waals surface area contributed by atoms with E-state index in [1.807, 2.05) is 6.07 Å². The predicted molar refractivity (Wildman–Crippen MR) is 76.7 cm³/mol. The molecule has 0 saturated carbocycles. The largest absolute Gasteiger partial charge is 0.476 e. The van der Waals surface area contributed by atoms with Crippen molar-refractivity contribution in [1.29, 1.82) is 0 Å². The highest BCUT2D eigenvalue weighted by Crippen LogP contribution is 2.39. The lowest BCUT2D eigenvalue weighted by Crippen LogP contribution is -2.28. The van der Waals surface area contributed by atoms with Crippen LogP contribution in [0, 0.1) is 0 Å². The lowest BCUT2D eigenvalue weighted by atomic mass is 10.0. The third-order valence-corrected chi connectivity index (χ3v) is 3.64. The molecule has 2 aromatic carbocycles. The molecule has 0 bridgehead atoms. The molecular formula is C15H9BrO5. The van der Waals surface area contributed by atoms with Crippen molar-refractivity contribution < 1.29 is 24.2 Å². The molecule has 1 aliphatic heterocycles. The highest BCUT2D eigenvalue weighted by molar-refractivity contribution is 9.10. The van der Waals surface area contributed by atoms with Crippen molar-refractivity contribution in [3.8, 4) is 11.5 Å². The van der Waals surface area contributed by atoms with Crippen molar-refractivity contribution in [2.45, 2.75) is 6.29 Å². The van der Waals surface area contributed by atoms with E-state index in [2.05, 4.69) is 15.9 Å². The predicted octanol–water partition coefficient (Wildman–Crippen LogP) is 2.86. The number of carboxylic acid groups (broad SMARTS) is 1. The first-order valence-corrected chi connectivity index (χ1v) is 6.85. The number of carbonyl (C=O) groups excluding carboxylic acids is 1. The van der Waals surface area contributed by atoms with Crippen LogP contribution in [0.2, 0.25) is 0 Å². The summed E-state index contributed by atoms with van der Waals surface area (Å²) in [5.74, 6) is -0.880. The van der Waals surface area contributed by atoms with E-state index in [0.29, 0.717) is 21.3 Å². The van der Waals surface area contributed by atoms with Crippen LogP contribution in [0.5, 0.6) is 11.5 Å². The summed E-state index contributed by atoms with van der Waals surface area (Å²) in [6.07, 6.45) is -1.38. The summed E-state index contributed by atoms with van der Waals surface area (Å²) in [4.78, 5) is 23.3. The quantitative estimate of drug-likeness (QED) is 0.863. The van der Waals surface area contributed by atoms with Gasteiger partial charge in [0.25, 0.3) is 0 Å². The zero-order valence-corrected chi connectivity index (χ0v) is 12.2. The molecule has 1 atom stereocenters. The minimum Gasteiger partial charge on any atom is -0.476 e. The molecule has 1 heterocycles. The third kappa shape index (κ3) is 2.50. The Labute approximate surface area is 128 Å². The van der Waals surface area contributed by atoms with Crippen LogP contribution in [-0.2, 0) is 4.79 Å². The number of fused-ring (bicyclic) bond motifs is 1. The van der Waals surface area contributed by atoms with Gasteiger partial charge in [0.05, 0.1) is 0 Å². The van der Waals surface area contributed by atoms with Gasteiger partial charge in [0.1, 0.15) is 0 Å². The Hall–Kier alpha value is -2.34. The molecule has 5 nitrogen and oxygen atoms in total. The Bertz CT molecular complexity index is 726. The summed E-state index contributed by atoms with van der Waals surface area (Å²) < 4.78 is 10.8. The van der Waals surface area contributed by atoms with Crippen LogP contribution in [0.15, 0.2) is 46.9 Å². The molecule has 0 fully saturated rings. The Morgan fingerprint density at radius 1 is 1.05 bits per heavy atom. The number of rotatable bonds is 3. The average molecular weight is 349 g/mol. The highest BCUT2D eigenvalue weighted by atomic mass is 79.9. The molecule has 106 valence electrons. The molecule has 1 unspecified atom stereocenters. The molecule has 0 radical (unpaired) electrons. The minimum atomic E-state index is -1.38. The van der Waals surface area contributed by atoms with Crippen LogP contribution >= 0.6 is 15.9 Å². The number of aliphatic carboxylic acids is 1. The van der Waals surface area contributed by atoms with Crippen LogP contribution in [0.3, 0.4) is 0 Å². The molecule has 0 aromatic heterocycles. The van der Waals surface area contributed by atoms with Crippen molar-refractivity contribution in [1.82, 2.24) is 0 Å². The fourth-order valence-corrected chi connectivity index (χ4v) is 2.50. The van der Waals surface area contributed by atoms with Gasteiger partial charge < -0.3 is 14.6 Å². The third-order valence-electron chi connectivity index (χ3n) is 2.98. The summed E-state index contributed by atoms with van der Waals surface area (Å²) >= 11 is 3.30. The molecule has 0 saturated heterocycles. The smallest absolute Gasteiger partial charge is 0.387 e. The molecule has 3 rings (SSSR count). The van der Waals surface area contributed by atoms with Gasteiger partial charge in [0.2, 0.25) is 0 Å². The maximum Gasteiger partial charge on any atom is 0.387 e. The number of benzene rings is 2. The number of carboxylic acids is 1. The molecule has 21 heavy (non-hydrogen) atoms. The molecule has 0 spiro atoms. The maximum absolute atomic E-state index is 12.4. The van der Waals surface area contributed by atoms with Crippen molar-refractivity contribution in [3.05, 3.63) is 58.1 Å². The maximum atomic E-state index is 12.4. The summed E-state index contributed by atoms with van der Waals surface area (Å²) in [6.45, 7) is 0. The lowest BCUT2D eigenvalue weighted by molar-refractivity contribution is -0.154. The number of carbonyl (C=O) groups is 2. The van der Waals surface area contributed by atoms with Crippen LogP contribution in [0.25, 0.3) is 0 Å². The Kier molecular flexibility index (Phi) is 3.39. The van der Waals surface area contributed by atoms with Gasteiger partial charge in [-0.05, 0) is 28.1 Å². The Morgan fingerprint density at radius 2 is 1.67 bits per heavy atom. The normalized spacial score (nSPS) is 15.8. The number of ketones is 1. The first kappa shape index (κ1) is 13.6. The van der Waals surface area contributed by atoms with Crippen LogP contribution in [-0.4, -0.2) is 23.1 Å². The van der Waals surface area contributed by atoms with Gasteiger partial charge in [0, 0.05) is 15.6 Å². The zero-order valence-electron chi connectivity index (χ0n) is 10.6. The van der Waals surface area contributed by atoms with Gasteiger partial charge in [-0.3, -0.25) is 4.79 Å². The molecule has 6 heteroatoms. The molecular weight excluding hydrogens is 340 g/mol. The lowest BCUT2D eigenvalue weighted by Gasteiger charge is -2.05. The Morgan fingerprint density at radius 3 is 2.29 bits per heavy atom. The van der Waals surface area contributed by atoms with E-state index in [4.69, 9.17) is 14.6 Å². The number of hydrogen-bond acceptors (Lipinski definition) is 4. The van der Waals surface area contributed by atoms with Crippen LogP contribution in [0.4, 0.5) is 0 Å². The van der Waals surface area contributed by atoms with Gasteiger partial charge in [-0.2, -0.15) is 0 Å². The fourth-order valence-electron chi connectivity index (χ4n) is 1.99. The second kappa shape index (κ2) is 5.21. The van der Waals surface area contributed by atoms with E-state index in [-0.39, 0.29) is 11.5 Å². The van der Waals surface area contributed by atoms with E-state index in [1.165, 1.54) is 12.1 Å². The monoisotopic (exact) mass is 348 g/mol. The zero-order chi connectivity index (χ0) is 15.0. The van der Waals surface area contributed by atoms with Crippen molar-refractivity contribution in [2.24, 2.45) is 0 Å². The van der Waals surface area contributed by atoms with Gasteiger partial charge >= 0.3 is 12.3 Å². The van der Waals surface area contributed by atoms with E-state index in [0.717, 1.165) is 0 Å². The summed E-state index contributed by atoms with van der Waals surface area (Å²) in [7, 11) is 0. The highest BCUT2D eigenvalue weighted by Gasteiger charge is 2.32. The fraction of sp³-hybridized carbons (Fsp3) is 0.0667. The standard InChI is InChI=1S/C15H9BrO5/c16-10-7-12-11(20-15(21-12)14(18)19)6-9(10)13(17)8-4-2-1-3-5-8/h1-7,15H,(H,18,19). The van der Waals surface area contributed by atoms with Gasteiger partial charge in [0.15, 0.2) is 17.3 Å². The van der Waals surface area contributed by atoms with Crippen molar-refractivity contribution in [3.63, 3.8) is 0 Å². The number of hydrogen-bond donors (Lipinski definition) is 1. The number of ether oxygens (including phenoxy) is 2. The van der Waals surface area contributed by atoms with Crippen molar-refractivity contribution >= 4 is 27.7 Å². The van der Waals surface area contributed by atoms with Crippen LogP contribution in [0.1, 0.15) is 15.9 Å². The SMILES string of the molecule is O=C(c1ccccc1)c1cc2c(cc1Br)OC(C(=O)O)O2. The van der Waals surface area contributed by atoms with Gasteiger partial charge in [-0.1, -0.05) is 30.3 Å². The van der Waals surface area contributed by atoms with Crippen LogP contribution < -0.4 is 9.47 Å². The van der Waals surface area contributed by atoms with E-state index in [1.54, 1.807) is 24.3 Å². The number of halogens is 1. The molecule has 2 aromatic rings.